The Hall–Kier alpha value is -1.20. The van der Waals surface area contributed by atoms with Crippen molar-refractivity contribution in [2.24, 2.45) is 4.99 Å². The van der Waals surface area contributed by atoms with E-state index in [2.05, 4.69) is 9.18 Å². The van der Waals surface area contributed by atoms with Gasteiger partial charge in [0, 0.05) is 6.92 Å². The van der Waals surface area contributed by atoms with Crippen LogP contribution in [0.1, 0.15) is 23.6 Å². The van der Waals surface area contributed by atoms with Crippen LogP contribution in [0.25, 0.3) is 0 Å². The van der Waals surface area contributed by atoms with Crippen molar-refractivity contribution in [3.63, 3.8) is 0 Å². The molecule has 0 saturated carbocycles. The zero-order valence-electron chi connectivity index (χ0n) is 9.73. The summed E-state index contributed by atoms with van der Waals surface area (Å²) in [7, 11) is 0. The zero-order chi connectivity index (χ0) is 12.3. The molecule has 0 aliphatic rings. The van der Waals surface area contributed by atoms with Crippen molar-refractivity contribution in [1.82, 2.24) is 0 Å². The van der Waals surface area contributed by atoms with Crippen LogP contribution < -0.4 is 0 Å². The predicted molar refractivity (Wildman–Crippen MR) is 63.4 cm³/mol. The van der Waals surface area contributed by atoms with Crippen LogP contribution in [0.5, 0.6) is 0 Å². The Morgan fingerprint density at radius 3 is 2.25 bits per heavy atom. The number of benzene rings is 1. The zero-order valence-corrected chi connectivity index (χ0v) is 10.6. The molecule has 0 bridgehead atoms. The van der Waals surface area contributed by atoms with Gasteiger partial charge in [0.25, 0.3) is 0 Å². The highest BCUT2D eigenvalue weighted by atomic mass is 32.2. The molecule has 4 nitrogen and oxygen atoms in total. The highest BCUT2D eigenvalue weighted by Crippen LogP contribution is 2.25. The van der Waals surface area contributed by atoms with Gasteiger partial charge in [-0.2, -0.15) is 0 Å². The molecule has 0 radical (unpaired) electrons. The molecule has 88 valence electrons. The molecule has 1 aromatic rings. The van der Waals surface area contributed by atoms with Crippen LogP contribution in [0.3, 0.4) is 0 Å². The van der Waals surface area contributed by atoms with Gasteiger partial charge in [0.1, 0.15) is 11.4 Å². The summed E-state index contributed by atoms with van der Waals surface area (Å²) >= 11 is -2.57. The van der Waals surface area contributed by atoms with E-state index in [1.807, 2.05) is 32.9 Å². The Morgan fingerprint density at radius 1 is 1.31 bits per heavy atom. The monoisotopic (exact) mass is 240 g/mol. The van der Waals surface area contributed by atoms with Gasteiger partial charge in [-0.05, 0) is 31.9 Å². The van der Waals surface area contributed by atoms with Crippen LogP contribution in [0.15, 0.2) is 17.1 Å². The lowest BCUT2D eigenvalue weighted by Gasteiger charge is -2.09. The second kappa shape index (κ2) is 5.23. The molecule has 0 amide bonds. The molecule has 0 spiro atoms. The smallest absolute Gasteiger partial charge is 0.203 e. The fourth-order valence-electron chi connectivity index (χ4n) is 1.62. The van der Waals surface area contributed by atoms with E-state index in [1.54, 1.807) is 0 Å². The summed E-state index contributed by atoms with van der Waals surface area (Å²) in [5.74, 6) is 0.114. The van der Waals surface area contributed by atoms with Crippen molar-refractivity contribution in [2.75, 3.05) is 0 Å². The van der Waals surface area contributed by atoms with Crippen LogP contribution in [0, 0.1) is 20.8 Å². The van der Waals surface area contributed by atoms with E-state index in [0.29, 0.717) is 0 Å². The molecule has 0 saturated heterocycles. The highest BCUT2D eigenvalue weighted by molar-refractivity contribution is 7.74. The van der Waals surface area contributed by atoms with Gasteiger partial charge in [-0.3, -0.25) is 0 Å². The SMILES string of the molecule is CC(=Nc1c(C)cc(C)cc1C)OS(=O)[O-]. The molecule has 0 N–H and O–H groups in total. The van der Waals surface area contributed by atoms with Crippen molar-refractivity contribution in [3.8, 4) is 0 Å². The quantitative estimate of drug-likeness (QED) is 0.453. The summed E-state index contributed by atoms with van der Waals surface area (Å²) < 4.78 is 25.1. The van der Waals surface area contributed by atoms with Gasteiger partial charge >= 0.3 is 0 Å². The minimum absolute atomic E-state index is 0.114. The first kappa shape index (κ1) is 12.9. The van der Waals surface area contributed by atoms with E-state index in [0.717, 1.165) is 22.4 Å². The summed E-state index contributed by atoms with van der Waals surface area (Å²) in [6, 6.07) is 3.99. The van der Waals surface area contributed by atoms with Crippen molar-refractivity contribution < 1.29 is 12.9 Å². The average molecular weight is 240 g/mol. The Morgan fingerprint density at radius 2 is 1.81 bits per heavy atom. The van der Waals surface area contributed by atoms with Gasteiger partial charge in [0.15, 0.2) is 0 Å². The molecule has 0 aliphatic carbocycles. The van der Waals surface area contributed by atoms with Gasteiger partial charge < -0.3 is 8.74 Å². The molecular weight excluding hydrogens is 226 g/mol. The first-order chi connectivity index (χ1) is 7.40. The minimum Gasteiger partial charge on any atom is -0.740 e. The second-order valence-corrected chi connectivity index (χ2v) is 4.24. The van der Waals surface area contributed by atoms with E-state index in [4.69, 9.17) is 0 Å². The number of aliphatic imine (C=N–C) groups is 1. The Kier molecular flexibility index (Phi) is 4.20. The van der Waals surface area contributed by atoms with E-state index >= 15 is 0 Å². The maximum atomic E-state index is 10.3. The first-order valence-corrected chi connectivity index (χ1v) is 5.81. The van der Waals surface area contributed by atoms with E-state index in [9.17, 15) is 8.76 Å². The lowest BCUT2D eigenvalue weighted by atomic mass is 10.1. The molecule has 16 heavy (non-hydrogen) atoms. The number of hydrogen-bond donors (Lipinski definition) is 0. The van der Waals surface area contributed by atoms with Gasteiger partial charge in [-0.1, -0.05) is 17.7 Å². The van der Waals surface area contributed by atoms with Crippen LogP contribution in [-0.4, -0.2) is 14.7 Å². The van der Waals surface area contributed by atoms with Gasteiger partial charge in [-0.15, -0.1) is 0 Å². The normalized spacial score (nSPS) is 13.7. The van der Waals surface area contributed by atoms with Crippen molar-refractivity contribution in [1.29, 1.82) is 0 Å². The standard InChI is InChI=1S/C11H15NO3S/c1-7-5-8(2)11(9(3)6-7)12-10(4)15-16(13)14/h5-6H,1-4H3,(H,13,14)/p-1. The molecule has 0 heterocycles. The third kappa shape index (κ3) is 3.43. The van der Waals surface area contributed by atoms with Crippen LogP contribution in [0.4, 0.5) is 5.69 Å². The Bertz CT molecular complexity index is 432. The van der Waals surface area contributed by atoms with Crippen LogP contribution in [-0.2, 0) is 15.5 Å². The van der Waals surface area contributed by atoms with E-state index in [1.165, 1.54) is 6.92 Å². The number of nitrogens with zero attached hydrogens (tertiary/aromatic N) is 1. The molecule has 1 atom stereocenters. The fraction of sp³-hybridized carbons (Fsp3) is 0.364. The molecule has 0 fully saturated rings. The van der Waals surface area contributed by atoms with Gasteiger partial charge in [0.2, 0.25) is 5.90 Å². The van der Waals surface area contributed by atoms with Crippen molar-refractivity contribution in [3.05, 3.63) is 28.8 Å². The Labute approximate surface area is 97.9 Å². The summed E-state index contributed by atoms with van der Waals surface area (Å²) in [6.07, 6.45) is 0. The molecule has 1 rings (SSSR count). The number of rotatable bonds is 2. The molecule has 1 aromatic carbocycles. The molecule has 1 unspecified atom stereocenters. The Balaban J connectivity index is 3.10. The van der Waals surface area contributed by atoms with E-state index < -0.39 is 11.4 Å². The largest absolute Gasteiger partial charge is 0.740 e. The van der Waals surface area contributed by atoms with Crippen LogP contribution >= 0.6 is 0 Å². The third-order valence-corrected chi connectivity index (χ3v) is 2.47. The molecular formula is C11H14NO3S-. The average Bonchev–Trinajstić information content (AvgIpc) is 2.09. The van der Waals surface area contributed by atoms with Gasteiger partial charge in [0.05, 0.1) is 5.69 Å². The first-order valence-electron chi connectivity index (χ1n) is 4.81. The summed E-state index contributed by atoms with van der Waals surface area (Å²) in [6.45, 7) is 7.37. The topological polar surface area (TPSA) is 61.7 Å². The van der Waals surface area contributed by atoms with Crippen molar-refractivity contribution in [2.45, 2.75) is 27.7 Å². The molecule has 0 aromatic heterocycles. The lowest BCUT2D eigenvalue weighted by molar-refractivity contribution is 0.435. The van der Waals surface area contributed by atoms with Crippen molar-refractivity contribution >= 4 is 22.9 Å². The third-order valence-electron chi connectivity index (χ3n) is 2.09. The lowest BCUT2D eigenvalue weighted by Crippen LogP contribution is -2.02. The highest BCUT2D eigenvalue weighted by Gasteiger charge is 2.03. The summed E-state index contributed by atoms with van der Waals surface area (Å²) in [4.78, 5) is 4.14. The predicted octanol–water partition coefficient (Wildman–Crippen LogP) is 2.47. The second-order valence-electron chi connectivity index (χ2n) is 3.67. The maximum Gasteiger partial charge on any atom is 0.203 e. The summed E-state index contributed by atoms with van der Waals surface area (Å²) in [5, 5.41) is 0. The fourth-order valence-corrected chi connectivity index (χ4v) is 1.86. The van der Waals surface area contributed by atoms with Crippen LogP contribution in [0.2, 0.25) is 0 Å². The number of hydrogen-bond acceptors (Lipinski definition) is 4. The van der Waals surface area contributed by atoms with Gasteiger partial charge in [-0.25, -0.2) is 9.20 Å². The molecule has 5 heteroatoms. The van der Waals surface area contributed by atoms with E-state index in [-0.39, 0.29) is 5.90 Å². The minimum atomic E-state index is -2.57. The summed E-state index contributed by atoms with van der Waals surface area (Å²) in [5.41, 5.74) is 3.91. The molecule has 0 aliphatic heterocycles. The number of aryl methyl sites for hydroxylation is 3. The maximum absolute atomic E-state index is 10.3.